The molecule has 0 radical (unpaired) electrons. The lowest BCUT2D eigenvalue weighted by molar-refractivity contribution is 0.565. The summed E-state index contributed by atoms with van der Waals surface area (Å²) < 4.78 is 26.1. The summed E-state index contributed by atoms with van der Waals surface area (Å²) in [5, 5.41) is 0.565. The molecule has 0 bridgehead atoms. The van der Waals surface area contributed by atoms with Crippen molar-refractivity contribution in [2.45, 2.75) is 9.92 Å². The molecule has 3 nitrogen and oxygen atoms in total. The number of aromatic nitrogens is 2. The zero-order chi connectivity index (χ0) is 12.4. The number of nitrogen functional groups attached to an aromatic ring is 1. The number of hydrogen-bond acceptors (Lipinski definition) is 4. The molecule has 0 saturated heterocycles. The highest BCUT2D eigenvalue weighted by molar-refractivity contribution is 7.99. The molecule has 1 heterocycles. The molecule has 17 heavy (non-hydrogen) atoms. The summed E-state index contributed by atoms with van der Waals surface area (Å²) in [7, 11) is 0. The summed E-state index contributed by atoms with van der Waals surface area (Å²) in [6.45, 7) is 0. The average molecular weight is 274 g/mol. The zero-order valence-corrected chi connectivity index (χ0v) is 9.90. The first-order chi connectivity index (χ1) is 8.04. The van der Waals surface area contributed by atoms with Crippen LogP contribution in [0.3, 0.4) is 0 Å². The van der Waals surface area contributed by atoms with Crippen molar-refractivity contribution in [2.24, 2.45) is 0 Å². The van der Waals surface area contributed by atoms with Crippen LogP contribution in [-0.2, 0) is 0 Å². The van der Waals surface area contributed by atoms with Gasteiger partial charge in [-0.3, -0.25) is 0 Å². The van der Waals surface area contributed by atoms with Crippen LogP contribution in [0.15, 0.2) is 34.2 Å². The highest BCUT2D eigenvalue weighted by Crippen LogP contribution is 2.30. The minimum atomic E-state index is -0.664. The van der Waals surface area contributed by atoms with E-state index in [0.29, 0.717) is 5.03 Å². The van der Waals surface area contributed by atoms with Crippen molar-refractivity contribution in [3.8, 4) is 0 Å². The number of rotatable bonds is 2. The van der Waals surface area contributed by atoms with E-state index in [1.807, 2.05) is 0 Å². The molecular formula is C10H6ClF2N3S. The first-order valence-electron chi connectivity index (χ1n) is 4.47. The molecule has 88 valence electrons. The van der Waals surface area contributed by atoms with E-state index in [-0.39, 0.29) is 16.0 Å². The Morgan fingerprint density at radius 1 is 1.18 bits per heavy atom. The third kappa shape index (κ3) is 3.04. The quantitative estimate of drug-likeness (QED) is 0.854. The van der Waals surface area contributed by atoms with Crippen molar-refractivity contribution < 1.29 is 8.78 Å². The summed E-state index contributed by atoms with van der Waals surface area (Å²) in [6.07, 6.45) is 0. The second kappa shape index (κ2) is 4.85. The fourth-order valence-electron chi connectivity index (χ4n) is 1.14. The van der Waals surface area contributed by atoms with Gasteiger partial charge in [-0.1, -0.05) is 23.4 Å². The maximum absolute atomic E-state index is 13.4. The third-order valence-electron chi connectivity index (χ3n) is 1.80. The van der Waals surface area contributed by atoms with Crippen LogP contribution in [0.5, 0.6) is 0 Å². The lowest BCUT2D eigenvalue weighted by Gasteiger charge is -2.03. The van der Waals surface area contributed by atoms with Crippen molar-refractivity contribution in [1.29, 1.82) is 0 Å². The van der Waals surface area contributed by atoms with Gasteiger partial charge in [-0.05, 0) is 12.1 Å². The molecule has 2 N–H and O–H groups in total. The molecule has 1 aromatic carbocycles. The van der Waals surface area contributed by atoms with Gasteiger partial charge in [-0.15, -0.1) is 0 Å². The van der Waals surface area contributed by atoms with Gasteiger partial charge in [0.1, 0.15) is 21.8 Å². The Labute approximate surface area is 105 Å². The van der Waals surface area contributed by atoms with Crippen LogP contribution in [0.4, 0.5) is 14.7 Å². The SMILES string of the molecule is Nc1nc(Cl)cc(Sc2ccc(F)cc2F)n1. The van der Waals surface area contributed by atoms with Crippen LogP contribution in [0, 0.1) is 11.6 Å². The van der Waals surface area contributed by atoms with Gasteiger partial charge in [0.25, 0.3) is 0 Å². The van der Waals surface area contributed by atoms with Crippen molar-refractivity contribution in [2.75, 3.05) is 5.73 Å². The summed E-state index contributed by atoms with van der Waals surface area (Å²) in [5.74, 6) is -1.29. The molecule has 1 aromatic heterocycles. The largest absolute Gasteiger partial charge is 0.368 e. The Hall–Kier alpha value is -1.40. The number of hydrogen-bond donors (Lipinski definition) is 1. The van der Waals surface area contributed by atoms with Gasteiger partial charge in [0.2, 0.25) is 5.95 Å². The Morgan fingerprint density at radius 3 is 2.59 bits per heavy atom. The fourth-order valence-corrected chi connectivity index (χ4v) is 2.22. The van der Waals surface area contributed by atoms with Crippen LogP contribution in [0.2, 0.25) is 5.15 Å². The van der Waals surface area contributed by atoms with E-state index in [0.717, 1.165) is 23.9 Å². The van der Waals surface area contributed by atoms with E-state index >= 15 is 0 Å². The van der Waals surface area contributed by atoms with E-state index in [2.05, 4.69) is 9.97 Å². The molecule has 0 spiro atoms. The molecule has 0 aliphatic heterocycles. The fraction of sp³-hybridized carbons (Fsp3) is 0. The first kappa shape index (κ1) is 12.1. The van der Waals surface area contributed by atoms with Crippen molar-refractivity contribution in [3.63, 3.8) is 0 Å². The highest BCUT2D eigenvalue weighted by Gasteiger charge is 2.08. The van der Waals surface area contributed by atoms with Crippen LogP contribution < -0.4 is 5.73 Å². The van der Waals surface area contributed by atoms with E-state index < -0.39 is 11.6 Å². The van der Waals surface area contributed by atoms with Gasteiger partial charge in [-0.2, -0.15) is 0 Å². The lowest BCUT2D eigenvalue weighted by Crippen LogP contribution is -1.96. The normalized spacial score (nSPS) is 10.5. The Kier molecular flexibility index (Phi) is 3.44. The van der Waals surface area contributed by atoms with Crippen LogP contribution in [0.1, 0.15) is 0 Å². The minimum absolute atomic E-state index is 0.00233. The van der Waals surface area contributed by atoms with Gasteiger partial charge < -0.3 is 5.73 Å². The number of nitrogens with zero attached hydrogens (tertiary/aromatic N) is 2. The summed E-state index contributed by atoms with van der Waals surface area (Å²) in [6, 6.07) is 4.74. The highest BCUT2D eigenvalue weighted by atomic mass is 35.5. The maximum Gasteiger partial charge on any atom is 0.222 e. The molecule has 0 fully saturated rings. The summed E-state index contributed by atoms with van der Waals surface area (Å²) in [5.41, 5.74) is 5.40. The monoisotopic (exact) mass is 273 g/mol. The predicted octanol–water partition coefficient (Wildman–Crippen LogP) is 3.14. The molecule has 0 saturated carbocycles. The smallest absolute Gasteiger partial charge is 0.222 e. The van der Waals surface area contributed by atoms with E-state index in [9.17, 15) is 8.78 Å². The molecule has 0 aliphatic rings. The van der Waals surface area contributed by atoms with Crippen LogP contribution in [-0.4, -0.2) is 9.97 Å². The van der Waals surface area contributed by atoms with Crippen molar-refractivity contribution >= 4 is 29.3 Å². The third-order valence-corrected chi connectivity index (χ3v) is 2.96. The minimum Gasteiger partial charge on any atom is -0.368 e. The molecular weight excluding hydrogens is 268 g/mol. The Bertz CT molecular complexity index is 545. The molecule has 2 rings (SSSR count). The van der Waals surface area contributed by atoms with Gasteiger partial charge in [0.05, 0.1) is 0 Å². The second-order valence-electron chi connectivity index (χ2n) is 3.06. The summed E-state index contributed by atoms with van der Waals surface area (Å²) >= 11 is 6.68. The van der Waals surface area contributed by atoms with E-state index in [1.165, 1.54) is 12.1 Å². The van der Waals surface area contributed by atoms with Crippen LogP contribution in [0.25, 0.3) is 0 Å². The molecule has 0 aliphatic carbocycles. The summed E-state index contributed by atoms with van der Waals surface area (Å²) in [4.78, 5) is 7.79. The van der Waals surface area contributed by atoms with Gasteiger partial charge in [0.15, 0.2) is 0 Å². The second-order valence-corrected chi connectivity index (χ2v) is 4.51. The zero-order valence-electron chi connectivity index (χ0n) is 8.32. The van der Waals surface area contributed by atoms with Crippen molar-refractivity contribution in [3.05, 3.63) is 41.1 Å². The van der Waals surface area contributed by atoms with Crippen LogP contribution >= 0.6 is 23.4 Å². The first-order valence-corrected chi connectivity index (χ1v) is 5.67. The van der Waals surface area contributed by atoms with E-state index in [4.69, 9.17) is 17.3 Å². The van der Waals surface area contributed by atoms with Gasteiger partial charge in [0, 0.05) is 17.0 Å². The molecule has 7 heteroatoms. The van der Waals surface area contributed by atoms with Crippen molar-refractivity contribution in [1.82, 2.24) is 9.97 Å². The topological polar surface area (TPSA) is 51.8 Å². The maximum atomic E-state index is 13.4. The van der Waals surface area contributed by atoms with Gasteiger partial charge in [-0.25, -0.2) is 18.7 Å². The Morgan fingerprint density at radius 2 is 1.94 bits per heavy atom. The predicted molar refractivity (Wildman–Crippen MR) is 61.9 cm³/mol. The molecule has 0 atom stereocenters. The molecule has 2 aromatic rings. The number of halogens is 3. The van der Waals surface area contributed by atoms with Gasteiger partial charge >= 0.3 is 0 Å². The standard InChI is InChI=1S/C10H6ClF2N3S/c11-8-4-9(16-10(14)15-8)17-7-2-1-5(12)3-6(7)13/h1-4H,(H2,14,15,16). The average Bonchev–Trinajstić information content (AvgIpc) is 2.21. The number of anilines is 1. The Balaban J connectivity index is 2.31. The molecule has 0 amide bonds. The number of benzene rings is 1. The molecule has 0 unspecified atom stereocenters. The van der Waals surface area contributed by atoms with E-state index in [1.54, 1.807) is 0 Å². The lowest BCUT2D eigenvalue weighted by atomic mass is 10.3. The number of nitrogens with two attached hydrogens (primary N) is 1.